The molecule has 1 aromatic rings. The van der Waals surface area contributed by atoms with Gasteiger partial charge in [-0.15, -0.1) is 0 Å². The molecule has 0 N–H and O–H groups in total. The molecule has 0 saturated carbocycles. The van der Waals surface area contributed by atoms with Gasteiger partial charge in [0.1, 0.15) is 5.69 Å². The van der Waals surface area contributed by atoms with Gasteiger partial charge in [0.15, 0.2) is 0 Å². The molecule has 1 saturated heterocycles. The highest BCUT2D eigenvalue weighted by Crippen LogP contribution is 2.22. The van der Waals surface area contributed by atoms with E-state index in [1.807, 2.05) is 17.0 Å². The third-order valence-electron chi connectivity index (χ3n) is 3.81. The monoisotopic (exact) mass is 234 g/mol. The fourth-order valence-corrected chi connectivity index (χ4v) is 2.80. The molecule has 1 aromatic heterocycles. The molecule has 1 atom stereocenters. The van der Waals surface area contributed by atoms with Crippen molar-refractivity contribution in [3.8, 4) is 0 Å². The van der Waals surface area contributed by atoms with Crippen LogP contribution in [0.15, 0.2) is 12.1 Å². The largest absolute Gasteiger partial charge is 0.373 e. The van der Waals surface area contributed by atoms with E-state index in [1.54, 1.807) is 0 Å². The molecular weight excluding hydrogens is 216 g/mol. The number of likely N-dealkylation sites (tertiary alicyclic amines) is 1. The van der Waals surface area contributed by atoms with Crippen LogP contribution < -0.4 is 0 Å². The summed E-state index contributed by atoms with van der Waals surface area (Å²) in [7, 11) is 0. The van der Waals surface area contributed by atoms with Crippen molar-refractivity contribution in [2.24, 2.45) is 0 Å². The Hall–Kier alpha value is -1.29. The molecule has 4 nitrogen and oxygen atoms in total. The number of rotatable bonds is 1. The first-order valence-corrected chi connectivity index (χ1v) is 6.34. The minimum absolute atomic E-state index is 0.183. The Balaban J connectivity index is 1.88. The topological polar surface area (TPSA) is 34.5 Å². The van der Waals surface area contributed by atoms with Crippen LogP contribution in [0.4, 0.5) is 0 Å². The predicted molar refractivity (Wildman–Crippen MR) is 63.8 cm³/mol. The lowest BCUT2D eigenvalue weighted by atomic mass is 10.2. The molecule has 3 rings (SSSR count). The molecular formula is C13H18N2O2. The maximum atomic E-state index is 12.5. The lowest BCUT2D eigenvalue weighted by Crippen LogP contribution is -2.35. The number of carbonyl (C=O) groups excluding carboxylic acids is 1. The van der Waals surface area contributed by atoms with Crippen LogP contribution in [0, 0.1) is 0 Å². The Kier molecular flexibility index (Phi) is 2.67. The number of nitrogens with zero attached hydrogens (tertiary/aromatic N) is 2. The molecule has 0 aliphatic carbocycles. The van der Waals surface area contributed by atoms with Gasteiger partial charge in [-0.2, -0.15) is 0 Å². The van der Waals surface area contributed by atoms with Gasteiger partial charge in [0, 0.05) is 24.8 Å². The van der Waals surface area contributed by atoms with Gasteiger partial charge in [-0.1, -0.05) is 0 Å². The summed E-state index contributed by atoms with van der Waals surface area (Å²) in [5, 5.41) is 0. The Morgan fingerprint density at radius 3 is 3.06 bits per heavy atom. The van der Waals surface area contributed by atoms with Crippen molar-refractivity contribution in [3.63, 3.8) is 0 Å². The average molecular weight is 234 g/mol. The Morgan fingerprint density at radius 1 is 1.41 bits per heavy atom. The van der Waals surface area contributed by atoms with Crippen molar-refractivity contribution in [2.75, 3.05) is 13.2 Å². The molecule has 3 heterocycles. The van der Waals surface area contributed by atoms with E-state index in [4.69, 9.17) is 4.74 Å². The summed E-state index contributed by atoms with van der Waals surface area (Å²) >= 11 is 0. The Morgan fingerprint density at radius 2 is 2.29 bits per heavy atom. The highest BCUT2D eigenvalue weighted by molar-refractivity contribution is 5.93. The van der Waals surface area contributed by atoms with Gasteiger partial charge >= 0.3 is 0 Å². The van der Waals surface area contributed by atoms with Crippen LogP contribution in [-0.2, 0) is 17.9 Å². The number of amides is 1. The molecule has 1 unspecified atom stereocenters. The van der Waals surface area contributed by atoms with Crippen LogP contribution in [0.3, 0.4) is 0 Å². The number of ether oxygens (including phenoxy) is 1. The summed E-state index contributed by atoms with van der Waals surface area (Å²) in [6.45, 7) is 5.16. The normalized spacial score (nSPS) is 23.8. The zero-order chi connectivity index (χ0) is 11.8. The van der Waals surface area contributed by atoms with Crippen LogP contribution >= 0.6 is 0 Å². The van der Waals surface area contributed by atoms with Gasteiger partial charge in [-0.25, -0.2) is 0 Å². The third-order valence-corrected chi connectivity index (χ3v) is 3.81. The predicted octanol–water partition coefficient (Wildman–Crippen LogP) is 1.64. The molecule has 0 bridgehead atoms. The average Bonchev–Trinajstić information content (AvgIpc) is 2.94. The number of aromatic nitrogens is 1. The van der Waals surface area contributed by atoms with Crippen molar-refractivity contribution in [2.45, 2.75) is 39.0 Å². The second-order valence-corrected chi connectivity index (χ2v) is 4.90. The van der Waals surface area contributed by atoms with E-state index >= 15 is 0 Å². The van der Waals surface area contributed by atoms with Gasteiger partial charge in [-0.05, 0) is 31.9 Å². The SMILES string of the molecule is CC1CCCN1C(=O)c1ccc2n1CCOC2. The smallest absolute Gasteiger partial charge is 0.270 e. The van der Waals surface area contributed by atoms with Crippen molar-refractivity contribution in [1.82, 2.24) is 9.47 Å². The number of hydrogen-bond donors (Lipinski definition) is 0. The quantitative estimate of drug-likeness (QED) is 0.740. The summed E-state index contributed by atoms with van der Waals surface area (Å²) in [6, 6.07) is 4.33. The van der Waals surface area contributed by atoms with Crippen molar-refractivity contribution >= 4 is 5.91 Å². The van der Waals surface area contributed by atoms with Gasteiger partial charge in [-0.3, -0.25) is 4.79 Å². The number of fused-ring (bicyclic) bond motifs is 1. The highest BCUT2D eigenvalue weighted by Gasteiger charge is 2.28. The first kappa shape index (κ1) is 10.8. The summed E-state index contributed by atoms with van der Waals surface area (Å²) in [6.07, 6.45) is 2.26. The van der Waals surface area contributed by atoms with E-state index in [1.165, 1.54) is 0 Å². The van der Waals surface area contributed by atoms with Crippen molar-refractivity contribution in [3.05, 3.63) is 23.5 Å². The summed E-state index contributed by atoms with van der Waals surface area (Å²) in [4.78, 5) is 14.5. The number of carbonyl (C=O) groups is 1. The molecule has 0 spiro atoms. The Labute approximate surface area is 101 Å². The van der Waals surface area contributed by atoms with E-state index in [9.17, 15) is 4.79 Å². The van der Waals surface area contributed by atoms with Crippen LogP contribution in [0.2, 0.25) is 0 Å². The maximum absolute atomic E-state index is 12.5. The highest BCUT2D eigenvalue weighted by atomic mass is 16.5. The van der Waals surface area contributed by atoms with Crippen LogP contribution in [-0.4, -0.2) is 34.6 Å². The number of hydrogen-bond acceptors (Lipinski definition) is 2. The molecule has 2 aliphatic rings. The molecule has 0 radical (unpaired) electrons. The molecule has 2 aliphatic heterocycles. The van der Waals surface area contributed by atoms with Crippen LogP contribution in [0.1, 0.15) is 35.9 Å². The fraction of sp³-hybridized carbons (Fsp3) is 0.615. The molecule has 0 aromatic carbocycles. The van der Waals surface area contributed by atoms with E-state index in [2.05, 4.69) is 11.5 Å². The van der Waals surface area contributed by atoms with E-state index in [0.29, 0.717) is 19.3 Å². The zero-order valence-corrected chi connectivity index (χ0v) is 10.2. The molecule has 1 fully saturated rings. The third kappa shape index (κ3) is 1.76. The van der Waals surface area contributed by atoms with E-state index < -0.39 is 0 Å². The fourth-order valence-electron chi connectivity index (χ4n) is 2.80. The first-order valence-electron chi connectivity index (χ1n) is 6.34. The molecule has 4 heteroatoms. The van der Waals surface area contributed by atoms with Gasteiger partial charge < -0.3 is 14.2 Å². The Bertz CT molecular complexity index is 439. The summed E-state index contributed by atoms with van der Waals surface area (Å²) < 4.78 is 7.50. The molecule has 1 amide bonds. The van der Waals surface area contributed by atoms with Crippen LogP contribution in [0.5, 0.6) is 0 Å². The minimum atomic E-state index is 0.183. The second kappa shape index (κ2) is 4.18. The second-order valence-electron chi connectivity index (χ2n) is 4.90. The lowest BCUT2D eigenvalue weighted by Gasteiger charge is -2.24. The van der Waals surface area contributed by atoms with Gasteiger partial charge in [0.2, 0.25) is 0 Å². The van der Waals surface area contributed by atoms with Gasteiger partial charge in [0.25, 0.3) is 5.91 Å². The van der Waals surface area contributed by atoms with Crippen molar-refractivity contribution < 1.29 is 9.53 Å². The van der Waals surface area contributed by atoms with E-state index in [-0.39, 0.29) is 5.91 Å². The summed E-state index contributed by atoms with van der Waals surface area (Å²) in [5.74, 6) is 0.183. The van der Waals surface area contributed by atoms with Crippen molar-refractivity contribution in [1.29, 1.82) is 0 Å². The minimum Gasteiger partial charge on any atom is -0.373 e. The van der Waals surface area contributed by atoms with Gasteiger partial charge in [0.05, 0.1) is 13.2 Å². The summed E-state index contributed by atoms with van der Waals surface area (Å²) in [5.41, 5.74) is 1.95. The van der Waals surface area contributed by atoms with Crippen LogP contribution in [0.25, 0.3) is 0 Å². The molecule has 17 heavy (non-hydrogen) atoms. The lowest BCUT2D eigenvalue weighted by molar-refractivity contribution is 0.0690. The molecule has 92 valence electrons. The standard InChI is InChI=1S/C13H18N2O2/c1-10-3-2-6-14(10)13(16)12-5-4-11-9-17-8-7-15(11)12/h4-5,10H,2-3,6-9H2,1H3. The van der Waals surface area contributed by atoms with E-state index in [0.717, 1.165) is 37.3 Å². The maximum Gasteiger partial charge on any atom is 0.270 e. The zero-order valence-electron chi connectivity index (χ0n) is 10.2. The first-order chi connectivity index (χ1) is 8.27.